The third-order valence-electron chi connectivity index (χ3n) is 1.89. The van der Waals surface area contributed by atoms with Gasteiger partial charge in [-0.3, -0.25) is 0 Å². The quantitative estimate of drug-likeness (QED) is 0.601. The Bertz CT molecular complexity index is 542. The molecule has 0 saturated carbocycles. The topological polar surface area (TPSA) is 0 Å². The standard InChI is InChI=1S/C12H12/c1-2-10-7-8-11-5-3-4-6-12(11)9-10/h3-9H,2H2,1H3/i1D3,2D2. The molecular weight excluding hydrogens is 144 g/mol. The fourth-order valence-corrected chi connectivity index (χ4v) is 1.27. The summed E-state index contributed by atoms with van der Waals surface area (Å²) >= 11 is 0. The van der Waals surface area contributed by atoms with Crippen molar-refractivity contribution in [1.82, 2.24) is 0 Å². The predicted octanol–water partition coefficient (Wildman–Crippen LogP) is 3.40. The van der Waals surface area contributed by atoms with Crippen LogP contribution in [0.25, 0.3) is 10.8 Å². The Balaban J connectivity index is 2.57. The maximum Gasteiger partial charge on any atom is 0.0313 e. The van der Waals surface area contributed by atoms with Crippen molar-refractivity contribution in [3.63, 3.8) is 0 Å². The first-order valence-corrected chi connectivity index (χ1v) is 3.82. The Labute approximate surface area is 79.9 Å². The van der Waals surface area contributed by atoms with Gasteiger partial charge in [0.05, 0.1) is 0 Å². The maximum atomic E-state index is 7.70. The summed E-state index contributed by atoms with van der Waals surface area (Å²) in [6, 6.07) is 12.4. The zero-order chi connectivity index (χ0) is 12.7. The second-order valence-electron chi connectivity index (χ2n) is 2.69. The van der Waals surface area contributed by atoms with Crippen molar-refractivity contribution >= 4 is 10.8 Å². The second-order valence-corrected chi connectivity index (χ2v) is 2.69. The van der Waals surface area contributed by atoms with Crippen LogP contribution in [-0.4, -0.2) is 0 Å². The molecule has 0 heteroatoms. The Kier molecular flexibility index (Phi) is 0.896. The smallest absolute Gasteiger partial charge is 0.0313 e. The molecule has 0 unspecified atom stereocenters. The second kappa shape index (κ2) is 2.98. The lowest BCUT2D eigenvalue weighted by molar-refractivity contribution is 1.15. The van der Waals surface area contributed by atoms with Crippen LogP contribution in [0.2, 0.25) is 0 Å². The van der Waals surface area contributed by atoms with Gasteiger partial charge in [-0.1, -0.05) is 49.3 Å². The van der Waals surface area contributed by atoms with E-state index in [9.17, 15) is 0 Å². The Morgan fingerprint density at radius 1 is 1.17 bits per heavy atom. The highest BCUT2D eigenvalue weighted by Crippen LogP contribution is 2.15. The van der Waals surface area contributed by atoms with Gasteiger partial charge in [0, 0.05) is 6.85 Å². The molecule has 0 spiro atoms. The van der Waals surface area contributed by atoms with Crippen molar-refractivity contribution in [3.8, 4) is 0 Å². The van der Waals surface area contributed by atoms with Crippen LogP contribution in [0, 0.1) is 0 Å². The first-order valence-electron chi connectivity index (χ1n) is 6.32. The molecule has 2 rings (SSSR count). The van der Waals surface area contributed by atoms with Gasteiger partial charge in [-0.05, 0) is 22.7 Å². The van der Waals surface area contributed by atoms with Crippen molar-refractivity contribution in [2.75, 3.05) is 0 Å². The van der Waals surface area contributed by atoms with Gasteiger partial charge in [0.2, 0.25) is 0 Å². The molecule has 2 aromatic rings. The summed E-state index contributed by atoms with van der Waals surface area (Å²) in [5.41, 5.74) is 0.191. The average Bonchev–Trinajstić information content (AvgIpc) is 2.27. The molecule has 0 aliphatic heterocycles. The number of rotatable bonds is 1. The Morgan fingerprint density at radius 2 is 2.00 bits per heavy atom. The number of aryl methyl sites for hydroxylation is 1. The summed E-state index contributed by atoms with van der Waals surface area (Å²) < 4.78 is 37.1. The molecule has 0 fully saturated rings. The zero-order valence-corrected chi connectivity index (χ0v) is 6.54. The van der Waals surface area contributed by atoms with Crippen LogP contribution < -0.4 is 0 Å². The molecule has 2 aromatic carbocycles. The van der Waals surface area contributed by atoms with Crippen LogP contribution in [-0.2, 0) is 6.37 Å². The van der Waals surface area contributed by atoms with E-state index < -0.39 is 13.2 Å². The molecule has 60 valence electrons. The zero-order valence-electron chi connectivity index (χ0n) is 11.5. The van der Waals surface area contributed by atoms with Crippen molar-refractivity contribution in [1.29, 1.82) is 0 Å². The fourth-order valence-electron chi connectivity index (χ4n) is 1.27. The molecule has 0 bridgehead atoms. The monoisotopic (exact) mass is 161 g/mol. The average molecular weight is 161 g/mol. The third kappa shape index (κ3) is 1.20. The lowest BCUT2D eigenvalue weighted by Gasteiger charge is -1.99. The molecule has 0 aliphatic carbocycles. The summed E-state index contributed by atoms with van der Waals surface area (Å²) in [6.07, 6.45) is -2.32. The lowest BCUT2D eigenvalue weighted by Crippen LogP contribution is -1.79. The molecule has 12 heavy (non-hydrogen) atoms. The van der Waals surface area contributed by atoms with Crippen molar-refractivity contribution < 1.29 is 6.85 Å². The van der Waals surface area contributed by atoms with Crippen LogP contribution in [0.3, 0.4) is 0 Å². The van der Waals surface area contributed by atoms with Crippen LogP contribution in [0.4, 0.5) is 0 Å². The van der Waals surface area contributed by atoms with Gasteiger partial charge in [0.1, 0.15) is 0 Å². The van der Waals surface area contributed by atoms with E-state index in [4.69, 9.17) is 6.85 Å². The minimum absolute atomic E-state index is 0.191. The van der Waals surface area contributed by atoms with Gasteiger partial charge in [0.25, 0.3) is 0 Å². The predicted molar refractivity (Wildman–Crippen MR) is 53.3 cm³/mol. The number of fused-ring (bicyclic) bond motifs is 1. The van der Waals surface area contributed by atoms with E-state index in [1.165, 1.54) is 6.07 Å². The highest BCUT2D eigenvalue weighted by atomic mass is 14.0. The minimum Gasteiger partial charge on any atom is -0.0616 e. The molecule has 0 amide bonds. The van der Waals surface area contributed by atoms with E-state index in [0.29, 0.717) is 0 Å². The van der Waals surface area contributed by atoms with Crippen molar-refractivity contribution in [2.24, 2.45) is 0 Å². The van der Waals surface area contributed by atoms with E-state index in [1.807, 2.05) is 24.3 Å². The third-order valence-corrected chi connectivity index (χ3v) is 1.89. The maximum absolute atomic E-state index is 7.70. The number of hydrogen-bond acceptors (Lipinski definition) is 0. The van der Waals surface area contributed by atoms with E-state index in [1.54, 1.807) is 12.1 Å². The first-order chi connectivity index (χ1) is 7.82. The van der Waals surface area contributed by atoms with E-state index in [0.717, 1.165) is 10.8 Å². The van der Waals surface area contributed by atoms with Crippen LogP contribution in [0.5, 0.6) is 0 Å². The normalized spacial score (nSPS) is 18.8. The summed E-state index contributed by atoms with van der Waals surface area (Å²) in [5, 5.41) is 1.82. The van der Waals surface area contributed by atoms with Crippen LogP contribution >= 0.6 is 0 Å². The highest BCUT2D eigenvalue weighted by molar-refractivity contribution is 5.82. The van der Waals surface area contributed by atoms with E-state index >= 15 is 0 Å². The van der Waals surface area contributed by atoms with E-state index in [2.05, 4.69) is 0 Å². The molecule has 0 heterocycles. The lowest BCUT2D eigenvalue weighted by atomic mass is 10.1. The SMILES string of the molecule is [2H]C([2H])([2H])C([2H])([2H])c1ccc2ccccc2c1. The molecule has 0 atom stereocenters. The van der Waals surface area contributed by atoms with Gasteiger partial charge < -0.3 is 0 Å². The van der Waals surface area contributed by atoms with Crippen LogP contribution in [0.1, 0.15) is 19.3 Å². The van der Waals surface area contributed by atoms with Crippen molar-refractivity contribution in [2.45, 2.75) is 13.2 Å². The molecule has 0 aliphatic rings. The molecule has 0 aromatic heterocycles. The van der Waals surface area contributed by atoms with Gasteiger partial charge in [-0.25, -0.2) is 0 Å². The van der Waals surface area contributed by atoms with Gasteiger partial charge >= 0.3 is 0 Å². The van der Waals surface area contributed by atoms with Gasteiger partial charge in [0.15, 0.2) is 0 Å². The largest absolute Gasteiger partial charge is 0.0616 e. The van der Waals surface area contributed by atoms with Gasteiger partial charge in [-0.15, -0.1) is 0 Å². The summed E-state index contributed by atoms with van der Waals surface area (Å²) in [4.78, 5) is 0. The highest BCUT2D eigenvalue weighted by Gasteiger charge is 1.92. The molecule has 0 radical (unpaired) electrons. The van der Waals surface area contributed by atoms with Crippen molar-refractivity contribution in [3.05, 3.63) is 48.0 Å². The molecule has 0 saturated heterocycles. The van der Waals surface area contributed by atoms with Crippen LogP contribution in [0.15, 0.2) is 42.5 Å². The number of benzene rings is 2. The Morgan fingerprint density at radius 3 is 2.83 bits per heavy atom. The minimum atomic E-state index is -2.66. The van der Waals surface area contributed by atoms with Gasteiger partial charge in [-0.2, -0.15) is 0 Å². The van der Waals surface area contributed by atoms with E-state index in [-0.39, 0.29) is 5.56 Å². The first kappa shape index (κ1) is 3.61. The fraction of sp³-hybridized carbons (Fsp3) is 0.167. The Hall–Kier alpha value is -1.30. The molecular formula is C12H12. The summed E-state index contributed by atoms with van der Waals surface area (Å²) in [5.74, 6) is 0. The molecule has 0 nitrogen and oxygen atoms in total. The number of hydrogen-bond donors (Lipinski definition) is 0. The summed E-state index contributed by atoms with van der Waals surface area (Å²) in [6.45, 7) is -2.66. The molecule has 0 N–H and O–H groups in total. The summed E-state index contributed by atoms with van der Waals surface area (Å²) in [7, 11) is 0.